The molecule has 0 amide bonds. The van der Waals surface area contributed by atoms with Crippen LogP contribution >= 0.6 is 0 Å². The summed E-state index contributed by atoms with van der Waals surface area (Å²) >= 11 is 0. The summed E-state index contributed by atoms with van der Waals surface area (Å²) in [6.45, 7) is 2.18. The Kier molecular flexibility index (Phi) is 2.91. The number of aromatic nitrogens is 3. The Bertz CT molecular complexity index is 698. The Morgan fingerprint density at radius 3 is 2.68 bits per heavy atom. The van der Waals surface area contributed by atoms with Gasteiger partial charge in [0.25, 0.3) is 0 Å². The molecule has 0 aliphatic carbocycles. The maximum Gasteiger partial charge on any atom is 0.205 e. The van der Waals surface area contributed by atoms with Crippen molar-refractivity contribution in [3.63, 3.8) is 0 Å². The first-order chi connectivity index (χ1) is 9.29. The molecular weight excluding hydrogens is 236 g/mol. The van der Waals surface area contributed by atoms with Crippen LogP contribution in [-0.4, -0.2) is 14.5 Å². The summed E-state index contributed by atoms with van der Waals surface area (Å²) in [7, 11) is 0. The number of rotatable bonds is 3. The van der Waals surface area contributed by atoms with Crippen LogP contribution in [-0.2, 0) is 6.42 Å². The van der Waals surface area contributed by atoms with Gasteiger partial charge in [-0.05, 0) is 30.2 Å². The molecule has 3 aromatic rings. The molecule has 1 aromatic carbocycles. The van der Waals surface area contributed by atoms with Crippen molar-refractivity contribution in [2.45, 2.75) is 19.8 Å². The van der Waals surface area contributed by atoms with Gasteiger partial charge in [-0.25, -0.2) is 4.98 Å². The lowest BCUT2D eigenvalue weighted by atomic mass is 10.1. The van der Waals surface area contributed by atoms with Gasteiger partial charge in [0, 0.05) is 11.9 Å². The van der Waals surface area contributed by atoms with Gasteiger partial charge in [0.1, 0.15) is 5.52 Å². The number of nitrogens with zero attached hydrogens (tertiary/aromatic N) is 3. The molecule has 19 heavy (non-hydrogen) atoms. The van der Waals surface area contributed by atoms with Gasteiger partial charge in [0.15, 0.2) is 0 Å². The number of aryl methyl sites for hydroxylation is 1. The van der Waals surface area contributed by atoms with E-state index in [9.17, 15) is 0 Å². The van der Waals surface area contributed by atoms with E-state index < -0.39 is 0 Å². The lowest BCUT2D eigenvalue weighted by Gasteiger charge is -2.07. The highest BCUT2D eigenvalue weighted by Crippen LogP contribution is 2.22. The number of nitrogen functional groups attached to an aromatic ring is 1. The summed E-state index contributed by atoms with van der Waals surface area (Å²) in [6.07, 6.45) is 5.74. The van der Waals surface area contributed by atoms with Crippen LogP contribution in [0.2, 0.25) is 0 Å². The molecule has 0 spiro atoms. The van der Waals surface area contributed by atoms with Crippen molar-refractivity contribution in [1.82, 2.24) is 14.5 Å². The van der Waals surface area contributed by atoms with Crippen molar-refractivity contribution < 1.29 is 0 Å². The van der Waals surface area contributed by atoms with E-state index in [1.54, 1.807) is 12.4 Å². The normalized spacial score (nSPS) is 11.0. The number of anilines is 1. The second kappa shape index (κ2) is 4.72. The minimum atomic E-state index is 0.492. The molecule has 3 rings (SSSR count). The molecule has 0 saturated heterocycles. The van der Waals surface area contributed by atoms with Crippen molar-refractivity contribution in [2.24, 2.45) is 0 Å². The lowest BCUT2D eigenvalue weighted by molar-refractivity contribution is 0.920. The Morgan fingerprint density at radius 2 is 1.95 bits per heavy atom. The number of pyridine rings is 1. The van der Waals surface area contributed by atoms with Crippen molar-refractivity contribution in [3.05, 3.63) is 48.3 Å². The van der Waals surface area contributed by atoms with Crippen molar-refractivity contribution in [3.8, 4) is 5.69 Å². The maximum absolute atomic E-state index is 6.01. The maximum atomic E-state index is 6.01. The fourth-order valence-corrected chi connectivity index (χ4v) is 2.32. The third kappa shape index (κ3) is 2.05. The lowest BCUT2D eigenvalue weighted by Crippen LogP contribution is -2.00. The zero-order valence-corrected chi connectivity index (χ0v) is 10.9. The minimum absolute atomic E-state index is 0.492. The van der Waals surface area contributed by atoms with Crippen molar-refractivity contribution in [1.29, 1.82) is 0 Å². The average Bonchev–Trinajstić information content (AvgIpc) is 2.76. The third-order valence-electron chi connectivity index (χ3n) is 3.22. The van der Waals surface area contributed by atoms with Gasteiger partial charge in [0.05, 0.1) is 11.7 Å². The zero-order valence-electron chi connectivity index (χ0n) is 10.9. The molecule has 0 unspecified atom stereocenters. The van der Waals surface area contributed by atoms with Crippen LogP contribution in [0.3, 0.4) is 0 Å². The first-order valence-electron chi connectivity index (χ1n) is 6.47. The van der Waals surface area contributed by atoms with Crippen LogP contribution in [0.1, 0.15) is 18.9 Å². The highest BCUT2D eigenvalue weighted by molar-refractivity contribution is 5.79. The van der Waals surface area contributed by atoms with E-state index >= 15 is 0 Å². The van der Waals surface area contributed by atoms with E-state index in [1.807, 2.05) is 10.6 Å². The summed E-state index contributed by atoms with van der Waals surface area (Å²) in [5.41, 5.74) is 10.2. The predicted molar refractivity (Wildman–Crippen MR) is 77.3 cm³/mol. The topological polar surface area (TPSA) is 56.7 Å². The highest BCUT2D eigenvalue weighted by Gasteiger charge is 2.09. The molecule has 0 aliphatic rings. The number of hydrogen-bond donors (Lipinski definition) is 1. The molecule has 0 fully saturated rings. The molecular formula is C15H16N4. The zero-order chi connectivity index (χ0) is 13.2. The van der Waals surface area contributed by atoms with Gasteiger partial charge in [-0.15, -0.1) is 0 Å². The standard InChI is InChI=1S/C15H16N4/c1-2-3-11-4-6-12(7-5-11)19-14-8-9-17-10-13(14)18-15(19)16/h4-10H,2-3H2,1H3,(H2,16,18). The van der Waals surface area contributed by atoms with Gasteiger partial charge in [-0.1, -0.05) is 25.5 Å². The van der Waals surface area contributed by atoms with Gasteiger partial charge in [0.2, 0.25) is 5.95 Å². The molecule has 4 nitrogen and oxygen atoms in total. The fraction of sp³-hybridized carbons (Fsp3) is 0.200. The van der Waals surface area contributed by atoms with Crippen LogP contribution in [0.15, 0.2) is 42.7 Å². The molecule has 0 aliphatic heterocycles. The fourth-order valence-electron chi connectivity index (χ4n) is 2.32. The average molecular weight is 252 g/mol. The summed E-state index contributed by atoms with van der Waals surface area (Å²) in [5, 5.41) is 0. The number of hydrogen-bond acceptors (Lipinski definition) is 3. The number of benzene rings is 1. The number of fused-ring (bicyclic) bond motifs is 1. The second-order valence-corrected chi connectivity index (χ2v) is 4.59. The molecule has 0 atom stereocenters. The smallest absolute Gasteiger partial charge is 0.205 e. The first kappa shape index (κ1) is 11.7. The Balaban J connectivity index is 2.10. The molecule has 2 N–H and O–H groups in total. The predicted octanol–water partition coefficient (Wildman–Crippen LogP) is 2.96. The van der Waals surface area contributed by atoms with Crippen LogP contribution in [0.25, 0.3) is 16.7 Å². The SMILES string of the molecule is CCCc1ccc(-n2c(N)nc3cnccc32)cc1. The van der Waals surface area contributed by atoms with E-state index in [-0.39, 0.29) is 0 Å². The van der Waals surface area contributed by atoms with Crippen LogP contribution < -0.4 is 5.73 Å². The highest BCUT2D eigenvalue weighted by atomic mass is 15.2. The van der Waals surface area contributed by atoms with Crippen LogP contribution in [0.4, 0.5) is 5.95 Å². The quantitative estimate of drug-likeness (QED) is 0.779. The number of nitrogens with two attached hydrogens (primary N) is 1. The second-order valence-electron chi connectivity index (χ2n) is 4.59. The van der Waals surface area contributed by atoms with E-state index in [4.69, 9.17) is 5.73 Å². The molecule has 0 bridgehead atoms. The molecule has 0 radical (unpaired) electrons. The Hall–Kier alpha value is -2.36. The monoisotopic (exact) mass is 252 g/mol. The Morgan fingerprint density at radius 1 is 1.16 bits per heavy atom. The minimum Gasteiger partial charge on any atom is -0.369 e. The van der Waals surface area contributed by atoms with E-state index in [2.05, 4.69) is 41.2 Å². The Labute approximate surface area is 111 Å². The molecule has 2 aromatic heterocycles. The van der Waals surface area contributed by atoms with E-state index in [0.717, 1.165) is 29.6 Å². The largest absolute Gasteiger partial charge is 0.369 e. The summed E-state index contributed by atoms with van der Waals surface area (Å²) in [4.78, 5) is 8.39. The van der Waals surface area contributed by atoms with E-state index in [0.29, 0.717) is 5.95 Å². The van der Waals surface area contributed by atoms with Crippen molar-refractivity contribution in [2.75, 3.05) is 5.73 Å². The van der Waals surface area contributed by atoms with Gasteiger partial charge in [-0.3, -0.25) is 9.55 Å². The van der Waals surface area contributed by atoms with Crippen molar-refractivity contribution >= 4 is 17.0 Å². The number of imidazole rings is 1. The molecule has 96 valence electrons. The summed E-state index contributed by atoms with van der Waals surface area (Å²) in [5.74, 6) is 0.492. The van der Waals surface area contributed by atoms with Gasteiger partial charge < -0.3 is 5.73 Å². The molecule has 4 heteroatoms. The van der Waals surface area contributed by atoms with Crippen LogP contribution in [0.5, 0.6) is 0 Å². The molecule has 2 heterocycles. The summed E-state index contributed by atoms with van der Waals surface area (Å²) < 4.78 is 1.95. The van der Waals surface area contributed by atoms with Gasteiger partial charge >= 0.3 is 0 Å². The molecule has 0 saturated carbocycles. The van der Waals surface area contributed by atoms with Gasteiger partial charge in [-0.2, -0.15) is 0 Å². The third-order valence-corrected chi connectivity index (χ3v) is 3.22. The van der Waals surface area contributed by atoms with Crippen LogP contribution in [0, 0.1) is 0 Å². The summed E-state index contributed by atoms with van der Waals surface area (Å²) in [6, 6.07) is 10.4. The first-order valence-corrected chi connectivity index (χ1v) is 6.47. The van der Waals surface area contributed by atoms with E-state index in [1.165, 1.54) is 5.56 Å².